The molecule has 1 aromatic heterocycles. The molecule has 2 aromatic rings. The van der Waals surface area contributed by atoms with Gasteiger partial charge in [-0.05, 0) is 61.6 Å². The maximum absolute atomic E-state index is 13.5. The predicted octanol–water partition coefficient (Wildman–Crippen LogP) is 2.13. The van der Waals surface area contributed by atoms with Crippen molar-refractivity contribution in [3.8, 4) is 0 Å². The van der Waals surface area contributed by atoms with E-state index in [-0.39, 0.29) is 29.2 Å². The minimum atomic E-state index is -3.73. The first-order valence-electron chi connectivity index (χ1n) is 12.7. The van der Waals surface area contributed by atoms with Crippen molar-refractivity contribution in [1.82, 2.24) is 14.2 Å². The van der Waals surface area contributed by atoms with E-state index < -0.39 is 10.0 Å². The molecule has 36 heavy (non-hydrogen) atoms. The van der Waals surface area contributed by atoms with Gasteiger partial charge in [-0.25, -0.2) is 13.4 Å². The number of benzene rings is 1. The molecular weight excluding hydrogens is 478 g/mol. The van der Waals surface area contributed by atoms with Gasteiger partial charge in [-0.15, -0.1) is 0 Å². The van der Waals surface area contributed by atoms with Crippen LogP contribution in [0.4, 0.5) is 11.5 Å². The quantitative estimate of drug-likeness (QED) is 0.624. The number of pyridine rings is 1. The van der Waals surface area contributed by atoms with E-state index in [0.29, 0.717) is 52.1 Å². The third-order valence-electron chi connectivity index (χ3n) is 7.49. The lowest BCUT2D eigenvalue weighted by atomic mass is 9.98. The Kier molecular flexibility index (Phi) is 6.98. The first-order valence-corrected chi connectivity index (χ1v) is 14.1. The largest absolute Gasteiger partial charge is 0.353 e. The molecule has 2 amide bonds. The molecule has 5 rings (SSSR count). The lowest BCUT2D eigenvalue weighted by Crippen LogP contribution is -2.53. The standard InChI is InChI=1S/C26H33N5O4S/c1-20(32)31-13-5-6-21-18-23(9-10-24(21)31)36(34,35)30-12-4-7-22(19-30)26(33)29-16-14-28(15-17-29)25-8-2-3-11-27-25/h2-3,8-11,18,22H,4-7,12-17,19H2,1H3/t22-/m1/s1. The van der Waals surface area contributed by atoms with Crippen LogP contribution in [-0.2, 0) is 26.0 Å². The molecule has 0 unspecified atom stereocenters. The minimum Gasteiger partial charge on any atom is -0.353 e. The highest BCUT2D eigenvalue weighted by molar-refractivity contribution is 7.89. The predicted molar refractivity (Wildman–Crippen MR) is 137 cm³/mol. The van der Waals surface area contributed by atoms with E-state index in [2.05, 4.69) is 9.88 Å². The van der Waals surface area contributed by atoms with Crippen LogP contribution in [0.1, 0.15) is 31.7 Å². The molecule has 1 aromatic carbocycles. The number of hydrogen-bond donors (Lipinski definition) is 0. The lowest BCUT2D eigenvalue weighted by molar-refractivity contribution is -0.137. The van der Waals surface area contributed by atoms with Crippen molar-refractivity contribution in [2.45, 2.75) is 37.5 Å². The molecule has 9 nitrogen and oxygen atoms in total. The van der Waals surface area contributed by atoms with Gasteiger partial charge in [0.25, 0.3) is 0 Å². The zero-order valence-corrected chi connectivity index (χ0v) is 21.5. The molecule has 0 saturated carbocycles. The summed E-state index contributed by atoms with van der Waals surface area (Å²) in [5.74, 6) is 0.583. The Morgan fingerprint density at radius 1 is 0.972 bits per heavy atom. The van der Waals surface area contributed by atoms with Crippen molar-refractivity contribution in [2.24, 2.45) is 5.92 Å². The van der Waals surface area contributed by atoms with Crippen LogP contribution in [0.15, 0.2) is 47.5 Å². The Bertz CT molecular complexity index is 1230. The van der Waals surface area contributed by atoms with Crippen molar-refractivity contribution in [2.75, 3.05) is 55.6 Å². The number of hydrogen-bond acceptors (Lipinski definition) is 6. The SMILES string of the molecule is CC(=O)N1CCCc2cc(S(=O)(=O)N3CCC[C@@H](C(=O)N4CCN(c5ccccn5)CC4)C3)ccc21. The number of anilines is 2. The number of rotatable bonds is 4. The molecule has 3 aliphatic rings. The van der Waals surface area contributed by atoms with E-state index >= 15 is 0 Å². The number of amides is 2. The van der Waals surface area contributed by atoms with Gasteiger partial charge in [0.1, 0.15) is 5.82 Å². The van der Waals surface area contributed by atoms with Crippen LogP contribution in [0.5, 0.6) is 0 Å². The minimum absolute atomic E-state index is 0.0372. The molecule has 10 heteroatoms. The molecule has 0 spiro atoms. The molecule has 0 N–H and O–H groups in total. The first-order chi connectivity index (χ1) is 17.3. The summed E-state index contributed by atoms with van der Waals surface area (Å²) in [5, 5.41) is 0. The average Bonchev–Trinajstić information content (AvgIpc) is 2.92. The van der Waals surface area contributed by atoms with Gasteiger partial charge < -0.3 is 14.7 Å². The number of carbonyl (C=O) groups is 2. The Hall–Kier alpha value is -2.98. The van der Waals surface area contributed by atoms with Crippen LogP contribution in [0.25, 0.3) is 0 Å². The maximum atomic E-state index is 13.5. The number of fused-ring (bicyclic) bond motifs is 1. The molecule has 0 aliphatic carbocycles. The average molecular weight is 512 g/mol. The second kappa shape index (κ2) is 10.2. The summed E-state index contributed by atoms with van der Waals surface area (Å²) in [6, 6.07) is 10.9. The van der Waals surface area contributed by atoms with Crippen LogP contribution in [0.2, 0.25) is 0 Å². The molecule has 192 valence electrons. The van der Waals surface area contributed by atoms with E-state index in [1.165, 1.54) is 11.2 Å². The zero-order chi connectivity index (χ0) is 25.3. The fraction of sp³-hybridized carbons (Fsp3) is 0.500. The number of sulfonamides is 1. The van der Waals surface area contributed by atoms with Crippen molar-refractivity contribution < 1.29 is 18.0 Å². The monoisotopic (exact) mass is 511 g/mol. The number of piperazine rings is 1. The molecule has 0 bridgehead atoms. The summed E-state index contributed by atoms with van der Waals surface area (Å²) in [6.45, 7) is 5.44. The maximum Gasteiger partial charge on any atom is 0.243 e. The lowest BCUT2D eigenvalue weighted by Gasteiger charge is -2.39. The molecule has 2 fully saturated rings. The summed E-state index contributed by atoms with van der Waals surface area (Å²) in [6.07, 6.45) is 4.68. The Morgan fingerprint density at radius 2 is 1.78 bits per heavy atom. The summed E-state index contributed by atoms with van der Waals surface area (Å²) in [7, 11) is -3.73. The number of nitrogens with zero attached hydrogens (tertiary/aromatic N) is 5. The van der Waals surface area contributed by atoms with E-state index in [1.807, 2.05) is 23.1 Å². The molecule has 2 saturated heterocycles. The van der Waals surface area contributed by atoms with Gasteiger partial charge in [0.2, 0.25) is 21.8 Å². The smallest absolute Gasteiger partial charge is 0.243 e. The van der Waals surface area contributed by atoms with Gasteiger partial charge >= 0.3 is 0 Å². The molecule has 0 radical (unpaired) electrons. The van der Waals surface area contributed by atoms with Gasteiger partial charge in [-0.3, -0.25) is 9.59 Å². The molecular formula is C26H33N5O4S. The fourth-order valence-electron chi connectivity index (χ4n) is 5.53. The van der Waals surface area contributed by atoms with Crippen molar-refractivity contribution in [3.63, 3.8) is 0 Å². The fourth-order valence-corrected chi connectivity index (χ4v) is 7.10. The number of piperidine rings is 1. The number of aromatic nitrogens is 1. The van der Waals surface area contributed by atoms with Gasteiger partial charge in [-0.1, -0.05) is 6.07 Å². The van der Waals surface area contributed by atoms with Crippen LogP contribution in [-0.4, -0.2) is 80.2 Å². The van der Waals surface area contributed by atoms with E-state index in [4.69, 9.17) is 0 Å². The molecule has 3 aliphatic heterocycles. The van der Waals surface area contributed by atoms with Gasteiger partial charge in [0, 0.05) is 64.6 Å². The summed E-state index contributed by atoms with van der Waals surface area (Å²) in [4.78, 5) is 35.7. The number of carbonyl (C=O) groups excluding carboxylic acids is 2. The van der Waals surface area contributed by atoms with Gasteiger partial charge in [0.05, 0.1) is 10.8 Å². The highest BCUT2D eigenvalue weighted by atomic mass is 32.2. The summed E-state index contributed by atoms with van der Waals surface area (Å²) in [5.41, 5.74) is 1.68. The third kappa shape index (κ3) is 4.84. The van der Waals surface area contributed by atoms with E-state index in [1.54, 1.807) is 29.3 Å². The highest BCUT2D eigenvalue weighted by Crippen LogP contribution is 2.32. The Labute approximate surface area is 212 Å². The molecule has 1 atom stereocenters. The van der Waals surface area contributed by atoms with Gasteiger partial charge in [-0.2, -0.15) is 4.31 Å². The highest BCUT2D eigenvalue weighted by Gasteiger charge is 2.36. The Morgan fingerprint density at radius 3 is 2.50 bits per heavy atom. The van der Waals surface area contributed by atoms with Crippen molar-refractivity contribution in [3.05, 3.63) is 48.2 Å². The first kappa shape index (κ1) is 24.7. The van der Waals surface area contributed by atoms with Crippen molar-refractivity contribution in [1.29, 1.82) is 0 Å². The Balaban J connectivity index is 1.25. The van der Waals surface area contributed by atoms with Crippen LogP contribution >= 0.6 is 0 Å². The van der Waals surface area contributed by atoms with E-state index in [9.17, 15) is 18.0 Å². The molecule has 4 heterocycles. The van der Waals surface area contributed by atoms with Crippen LogP contribution in [0.3, 0.4) is 0 Å². The summed E-state index contributed by atoms with van der Waals surface area (Å²) < 4.78 is 28.5. The second-order valence-corrected chi connectivity index (χ2v) is 11.7. The third-order valence-corrected chi connectivity index (χ3v) is 9.35. The zero-order valence-electron chi connectivity index (χ0n) is 20.7. The number of aryl methyl sites for hydroxylation is 1. The second-order valence-electron chi connectivity index (χ2n) is 9.77. The van der Waals surface area contributed by atoms with Crippen LogP contribution in [0, 0.1) is 5.92 Å². The van der Waals surface area contributed by atoms with Crippen molar-refractivity contribution >= 4 is 33.3 Å². The topological polar surface area (TPSA) is 94.1 Å². The van der Waals surface area contributed by atoms with Gasteiger partial charge in [0.15, 0.2) is 0 Å². The van der Waals surface area contributed by atoms with E-state index in [0.717, 1.165) is 29.9 Å². The summed E-state index contributed by atoms with van der Waals surface area (Å²) >= 11 is 0. The normalized spacial score (nSPS) is 21.2. The van der Waals surface area contributed by atoms with Crippen LogP contribution < -0.4 is 9.80 Å².